The molecule has 0 unspecified atom stereocenters. The van der Waals surface area contributed by atoms with Crippen molar-refractivity contribution in [2.24, 2.45) is 0 Å². The number of aryl methyl sites for hydroxylation is 2. The van der Waals surface area contributed by atoms with Gasteiger partial charge in [-0.05, 0) is 54.2 Å². The van der Waals surface area contributed by atoms with E-state index < -0.39 is 0 Å². The van der Waals surface area contributed by atoms with E-state index in [1.165, 1.54) is 10.9 Å². The summed E-state index contributed by atoms with van der Waals surface area (Å²) in [6.45, 7) is 0.297. The van der Waals surface area contributed by atoms with Crippen molar-refractivity contribution in [3.63, 3.8) is 0 Å². The monoisotopic (exact) mass is 415 g/mol. The second-order valence-corrected chi connectivity index (χ2v) is 8.62. The highest BCUT2D eigenvalue weighted by molar-refractivity contribution is 7.18. The van der Waals surface area contributed by atoms with E-state index in [0.717, 1.165) is 35.2 Å². The van der Waals surface area contributed by atoms with Crippen LogP contribution in [0.25, 0.3) is 10.2 Å². The topological polar surface area (TPSA) is 58.7 Å². The van der Waals surface area contributed by atoms with E-state index >= 15 is 0 Å². The van der Waals surface area contributed by atoms with Crippen LogP contribution in [0.4, 0.5) is 4.39 Å². The van der Waals surface area contributed by atoms with Crippen LogP contribution in [-0.4, -0.2) is 9.55 Å². The summed E-state index contributed by atoms with van der Waals surface area (Å²) in [5, 5.41) is 9.92. The molecule has 1 aliphatic rings. The number of nitriles is 1. The van der Waals surface area contributed by atoms with E-state index in [1.807, 2.05) is 12.1 Å². The molecule has 0 atom stereocenters. The molecule has 0 spiro atoms. The summed E-state index contributed by atoms with van der Waals surface area (Å²) in [6.07, 6.45) is 3.20. The molecule has 2 aromatic heterocycles. The summed E-state index contributed by atoms with van der Waals surface area (Å²) in [5.74, 6) is 0.235. The van der Waals surface area contributed by atoms with E-state index in [-0.39, 0.29) is 17.8 Å². The molecule has 0 saturated carbocycles. The predicted octanol–water partition coefficient (Wildman–Crippen LogP) is 4.60. The second kappa shape index (κ2) is 7.51. The Bertz CT molecular complexity index is 1380. The lowest BCUT2D eigenvalue weighted by Crippen LogP contribution is -2.26. The second-order valence-electron chi connectivity index (χ2n) is 7.54. The lowest BCUT2D eigenvalue weighted by atomic mass is 10.1. The summed E-state index contributed by atoms with van der Waals surface area (Å²) in [7, 11) is 0. The molecule has 0 bridgehead atoms. The highest BCUT2D eigenvalue weighted by Gasteiger charge is 2.23. The van der Waals surface area contributed by atoms with Crippen LogP contribution in [0.5, 0.6) is 0 Å². The Morgan fingerprint density at radius 1 is 1.17 bits per heavy atom. The molecular weight excluding hydrogens is 397 g/mol. The van der Waals surface area contributed by atoms with Gasteiger partial charge in [0.1, 0.15) is 16.5 Å². The molecule has 30 heavy (non-hydrogen) atoms. The molecule has 0 N–H and O–H groups in total. The maximum atomic E-state index is 14.3. The Morgan fingerprint density at radius 2 is 2.03 bits per heavy atom. The van der Waals surface area contributed by atoms with Crippen molar-refractivity contribution in [3.8, 4) is 6.07 Å². The van der Waals surface area contributed by atoms with Crippen molar-refractivity contribution in [1.82, 2.24) is 9.55 Å². The van der Waals surface area contributed by atoms with Crippen LogP contribution >= 0.6 is 11.3 Å². The van der Waals surface area contributed by atoms with Gasteiger partial charge >= 0.3 is 0 Å². The highest BCUT2D eigenvalue weighted by Crippen LogP contribution is 2.35. The van der Waals surface area contributed by atoms with Gasteiger partial charge in [0.15, 0.2) is 0 Å². The third-order valence-corrected chi connectivity index (χ3v) is 6.79. The Morgan fingerprint density at radius 3 is 2.87 bits per heavy atom. The Balaban J connectivity index is 1.69. The zero-order chi connectivity index (χ0) is 20.7. The van der Waals surface area contributed by atoms with E-state index in [0.29, 0.717) is 28.9 Å². The van der Waals surface area contributed by atoms with Gasteiger partial charge in [-0.3, -0.25) is 9.36 Å². The van der Waals surface area contributed by atoms with Crippen molar-refractivity contribution in [3.05, 3.63) is 97.7 Å². The lowest BCUT2D eigenvalue weighted by Gasteiger charge is -2.14. The average Bonchev–Trinajstić information content (AvgIpc) is 3.33. The first-order valence-electron chi connectivity index (χ1n) is 9.90. The first-order chi connectivity index (χ1) is 14.6. The molecule has 0 aliphatic heterocycles. The molecule has 6 heteroatoms. The first-order valence-corrected chi connectivity index (χ1v) is 10.7. The number of hydrogen-bond acceptors (Lipinski definition) is 4. The van der Waals surface area contributed by atoms with Crippen molar-refractivity contribution in [2.45, 2.75) is 32.2 Å². The van der Waals surface area contributed by atoms with Gasteiger partial charge in [0.05, 0.1) is 23.6 Å². The minimum absolute atomic E-state index is 0.0758. The Labute approximate surface area is 176 Å². The lowest BCUT2D eigenvalue weighted by molar-refractivity contribution is 0.606. The fraction of sp³-hybridized carbons (Fsp3) is 0.208. The zero-order valence-corrected chi connectivity index (χ0v) is 17.0. The van der Waals surface area contributed by atoms with E-state index in [9.17, 15) is 14.4 Å². The largest absolute Gasteiger partial charge is 0.291 e. The molecule has 4 nitrogen and oxygen atoms in total. The average molecular weight is 415 g/mol. The third-order valence-electron chi connectivity index (χ3n) is 5.61. The van der Waals surface area contributed by atoms with Crippen LogP contribution < -0.4 is 5.56 Å². The van der Waals surface area contributed by atoms with E-state index in [2.05, 4.69) is 6.07 Å². The van der Waals surface area contributed by atoms with Gasteiger partial charge in [0.25, 0.3) is 5.56 Å². The minimum atomic E-state index is -0.307. The smallest absolute Gasteiger partial charge is 0.262 e. The number of hydrogen-bond donors (Lipinski definition) is 0. The molecule has 148 valence electrons. The Hall–Kier alpha value is -3.30. The highest BCUT2D eigenvalue weighted by atomic mass is 32.1. The normalized spacial score (nSPS) is 12.8. The molecule has 1 aliphatic carbocycles. The van der Waals surface area contributed by atoms with Gasteiger partial charge in [-0.1, -0.05) is 30.3 Å². The van der Waals surface area contributed by atoms with Crippen LogP contribution in [0.15, 0.2) is 53.3 Å². The van der Waals surface area contributed by atoms with Crippen molar-refractivity contribution in [2.75, 3.05) is 0 Å². The molecular formula is C24H18FN3OS. The third kappa shape index (κ3) is 3.21. The Kier molecular flexibility index (Phi) is 4.68. The number of nitrogens with zero attached hydrogens (tertiary/aromatic N) is 3. The first kappa shape index (κ1) is 18.7. The van der Waals surface area contributed by atoms with Gasteiger partial charge in [0, 0.05) is 11.3 Å². The molecule has 2 aromatic carbocycles. The van der Waals surface area contributed by atoms with Gasteiger partial charge in [-0.2, -0.15) is 5.26 Å². The van der Waals surface area contributed by atoms with Gasteiger partial charge < -0.3 is 0 Å². The number of aromatic nitrogens is 2. The summed E-state index contributed by atoms with van der Waals surface area (Å²) in [6, 6.07) is 15.9. The zero-order valence-electron chi connectivity index (χ0n) is 16.2. The SMILES string of the molecule is N#Cc1cccc(Cn2c(Cc3ccccc3F)nc3sc4c(c3c2=O)CCC4)c1. The molecule has 2 heterocycles. The summed E-state index contributed by atoms with van der Waals surface area (Å²) < 4.78 is 16.0. The number of rotatable bonds is 4. The van der Waals surface area contributed by atoms with Gasteiger partial charge in [0.2, 0.25) is 0 Å². The van der Waals surface area contributed by atoms with Crippen LogP contribution in [-0.2, 0) is 25.8 Å². The van der Waals surface area contributed by atoms with E-state index in [1.54, 1.807) is 46.2 Å². The van der Waals surface area contributed by atoms with Crippen LogP contribution in [0.1, 0.15) is 39.4 Å². The van der Waals surface area contributed by atoms with Crippen LogP contribution in [0.2, 0.25) is 0 Å². The van der Waals surface area contributed by atoms with Crippen molar-refractivity contribution >= 4 is 21.6 Å². The summed E-state index contributed by atoms with van der Waals surface area (Å²) in [4.78, 5) is 20.4. The fourth-order valence-electron chi connectivity index (χ4n) is 4.15. The van der Waals surface area contributed by atoms with E-state index in [4.69, 9.17) is 4.98 Å². The number of thiophene rings is 1. The summed E-state index contributed by atoms with van der Waals surface area (Å²) in [5.41, 5.74) is 2.95. The maximum absolute atomic E-state index is 14.3. The quantitative estimate of drug-likeness (QED) is 0.490. The molecule has 0 radical (unpaired) electrons. The van der Waals surface area contributed by atoms with Gasteiger partial charge in [-0.25, -0.2) is 9.37 Å². The number of benzene rings is 2. The molecule has 0 fully saturated rings. The number of halogens is 1. The standard InChI is InChI=1S/C24H18FN3OS/c25-19-9-2-1-7-17(19)12-21-27-23-22(18-8-4-10-20(18)30-23)24(29)28(21)14-16-6-3-5-15(11-16)13-26/h1-3,5-7,9,11H,4,8,10,12,14H2. The van der Waals surface area contributed by atoms with Crippen molar-refractivity contribution < 1.29 is 4.39 Å². The predicted molar refractivity (Wildman–Crippen MR) is 115 cm³/mol. The number of fused-ring (bicyclic) bond motifs is 3. The minimum Gasteiger partial charge on any atom is -0.291 e. The molecule has 0 amide bonds. The maximum Gasteiger partial charge on any atom is 0.262 e. The summed E-state index contributed by atoms with van der Waals surface area (Å²) >= 11 is 1.59. The molecule has 0 saturated heterocycles. The molecule has 4 aromatic rings. The van der Waals surface area contributed by atoms with Crippen molar-refractivity contribution in [1.29, 1.82) is 5.26 Å². The van der Waals surface area contributed by atoms with Crippen LogP contribution in [0, 0.1) is 17.1 Å². The van der Waals surface area contributed by atoms with Gasteiger partial charge in [-0.15, -0.1) is 11.3 Å². The fourth-order valence-corrected chi connectivity index (χ4v) is 5.42. The molecule has 5 rings (SSSR count). The van der Waals surface area contributed by atoms with Crippen LogP contribution in [0.3, 0.4) is 0 Å².